The summed E-state index contributed by atoms with van der Waals surface area (Å²) in [5.41, 5.74) is 1.46. The van der Waals surface area contributed by atoms with E-state index in [-0.39, 0.29) is 24.8 Å². The number of aliphatic carboxylic acids is 1. The van der Waals surface area contributed by atoms with Gasteiger partial charge >= 0.3 is 5.97 Å². The fourth-order valence-electron chi connectivity index (χ4n) is 2.37. The molecule has 2 aromatic rings. The van der Waals surface area contributed by atoms with Gasteiger partial charge in [0, 0.05) is 26.2 Å². The molecule has 0 aliphatic heterocycles. The largest absolute Gasteiger partial charge is 0.481 e. The van der Waals surface area contributed by atoms with E-state index in [9.17, 15) is 9.90 Å². The minimum absolute atomic E-state index is 0. The molecule has 0 atom stereocenters. The van der Waals surface area contributed by atoms with Crippen molar-refractivity contribution < 1.29 is 9.90 Å². The molecule has 2 aromatic carbocycles. The minimum atomic E-state index is -0.844. The first kappa shape index (κ1) is 23.4. The summed E-state index contributed by atoms with van der Waals surface area (Å²) >= 11 is 0. The zero-order chi connectivity index (χ0) is 16.5. The number of carboxylic acid groups (broad SMARTS) is 1. The Morgan fingerprint density at radius 1 is 0.840 bits per heavy atom. The molecular weight excluding hydrogens is 359 g/mol. The van der Waals surface area contributed by atoms with Crippen LogP contribution in [0.4, 0.5) is 0 Å². The topological polar surface area (TPSA) is 61.4 Å². The maximum Gasteiger partial charge on any atom is 0.311 e. The standard InChI is InChI=1S/C19H24N2O2.2ClH/c1-19(18(22)23,14-20-12-16-8-4-2-5-9-16)15-21-13-17-10-6-3-7-11-17;;/h2-11,20-21H,12-15H2,1H3,(H,22,23);2*1H. The lowest BCUT2D eigenvalue weighted by Crippen LogP contribution is -2.45. The summed E-state index contributed by atoms with van der Waals surface area (Å²) in [7, 11) is 0. The van der Waals surface area contributed by atoms with Gasteiger partial charge < -0.3 is 15.7 Å². The fraction of sp³-hybridized carbons (Fsp3) is 0.316. The van der Waals surface area contributed by atoms with Crippen LogP contribution in [-0.4, -0.2) is 24.2 Å². The van der Waals surface area contributed by atoms with Gasteiger partial charge in [-0.05, 0) is 18.1 Å². The number of hydrogen-bond acceptors (Lipinski definition) is 3. The first-order valence-electron chi connectivity index (χ1n) is 7.83. The molecule has 138 valence electrons. The van der Waals surface area contributed by atoms with Crippen LogP contribution in [0.25, 0.3) is 0 Å². The predicted molar refractivity (Wildman–Crippen MR) is 107 cm³/mol. The fourth-order valence-corrected chi connectivity index (χ4v) is 2.37. The summed E-state index contributed by atoms with van der Waals surface area (Å²) in [5.74, 6) is -0.793. The van der Waals surface area contributed by atoms with Crippen LogP contribution in [0.2, 0.25) is 0 Å². The molecule has 0 unspecified atom stereocenters. The molecule has 2 rings (SSSR count). The average molecular weight is 385 g/mol. The molecule has 0 aromatic heterocycles. The number of carbonyl (C=O) groups is 1. The second kappa shape index (κ2) is 11.9. The Morgan fingerprint density at radius 3 is 1.52 bits per heavy atom. The average Bonchev–Trinajstić information content (AvgIpc) is 2.57. The Bertz CT molecular complexity index is 564. The van der Waals surface area contributed by atoms with Crippen molar-refractivity contribution in [3.8, 4) is 0 Å². The van der Waals surface area contributed by atoms with E-state index in [1.54, 1.807) is 6.92 Å². The number of nitrogens with one attached hydrogen (secondary N) is 2. The number of carboxylic acids is 1. The van der Waals surface area contributed by atoms with Crippen molar-refractivity contribution in [3.63, 3.8) is 0 Å². The van der Waals surface area contributed by atoms with Crippen LogP contribution in [0.5, 0.6) is 0 Å². The van der Waals surface area contributed by atoms with E-state index in [4.69, 9.17) is 0 Å². The Morgan fingerprint density at radius 2 is 1.20 bits per heavy atom. The van der Waals surface area contributed by atoms with Crippen molar-refractivity contribution in [1.82, 2.24) is 10.6 Å². The molecule has 0 saturated heterocycles. The van der Waals surface area contributed by atoms with Gasteiger partial charge in [0.2, 0.25) is 0 Å². The third-order valence-corrected chi connectivity index (χ3v) is 3.89. The van der Waals surface area contributed by atoms with Crippen LogP contribution in [0.15, 0.2) is 60.7 Å². The highest BCUT2D eigenvalue weighted by Crippen LogP contribution is 2.15. The van der Waals surface area contributed by atoms with E-state index in [0.717, 1.165) is 11.1 Å². The summed E-state index contributed by atoms with van der Waals surface area (Å²) in [6.07, 6.45) is 0. The molecular formula is C19H26Cl2N2O2. The van der Waals surface area contributed by atoms with Gasteiger partial charge in [-0.3, -0.25) is 4.79 Å². The molecule has 3 N–H and O–H groups in total. The first-order valence-corrected chi connectivity index (χ1v) is 7.83. The quantitative estimate of drug-likeness (QED) is 0.618. The predicted octanol–water partition coefficient (Wildman–Crippen LogP) is 3.50. The molecule has 6 heteroatoms. The van der Waals surface area contributed by atoms with Crippen LogP contribution in [0.3, 0.4) is 0 Å². The molecule has 0 heterocycles. The van der Waals surface area contributed by atoms with E-state index in [2.05, 4.69) is 10.6 Å². The molecule has 0 aliphatic rings. The van der Waals surface area contributed by atoms with E-state index in [1.165, 1.54) is 0 Å². The van der Waals surface area contributed by atoms with Crippen LogP contribution < -0.4 is 10.6 Å². The first-order chi connectivity index (χ1) is 11.1. The molecule has 25 heavy (non-hydrogen) atoms. The third kappa shape index (κ3) is 7.88. The lowest BCUT2D eigenvalue weighted by Gasteiger charge is -2.26. The molecule has 0 bridgehead atoms. The molecule has 0 fully saturated rings. The molecule has 0 radical (unpaired) electrons. The highest BCUT2D eigenvalue weighted by molar-refractivity contribution is 5.85. The van der Waals surface area contributed by atoms with Gasteiger partial charge in [-0.15, -0.1) is 24.8 Å². The molecule has 4 nitrogen and oxygen atoms in total. The number of halogens is 2. The van der Waals surface area contributed by atoms with Crippen LogP contribution in [0, 0.1) is 5.41 Å². The monoisotopic (exact) mass is 384 g/mol. The van der Waals surface area contributed by atoms with Crippen molar-refractivity contribution in [2.45, 2.75) is 20.0 Å². The maximum absolute atomic E-state index is 11.6. The SMILES string of the molecule is CC(CNCc1ccccc1)(CNCc1ccccc1)C(=O)O.Cl.Cl. The third-order valence-electron chi connectivity index (χ3n) is 3.89. The van der Waals surface area contributed by atoms with Crippen molar-refractivity contribution in [2.75, 3.05) is 13.1 Å². The summed E-state index contributed by atoms with van der Waals surface area (Å²) in [6, 6.07) is 20.0. The Balaban J connectivity index is 0.00000288. The van der Waals surface area contributed by atoms with Crippen LogP contribution in [-0.2, 0) is 17.9 Å². The molecule has 0 aliphatic carbocycles. The van der Waals surface area contributed by atoms with Crippen molar-refractivity contribution in [3.05, 3.63) is 71.8 Å². The van der Waals surface area contributed by atoms with Crippen molar-refractivity contribution in [1.29, 1.82) is 0 Å². The van der Waals surface area contributed by atoms with E-state index < -0.39 is 11.4 Å². The minimum Gasteiger partial charge on any atom is -0.481 e. The van der Waals surface area contributed by atoms with Gasteiger partial charge in [-0.25, -0.2) is 0 Å². The summed E-state index contributed by atoms with van der Waals surface area (Å²) < 4.78 is 0. The highest BCUT2D eigenvalue weighted by Gasteiger charge is 2.32. The smallest absolute Gasteiger partial charge is 0.311 e. The van der Waals surface area contributed by atoms with Gasteiger partial charge in [-0.1, -0.05) is 60.7 Å². The molecule has 0 saturated carbocycles. The summed E-state index contributed by atoms with van der Waals surface area (Å²) in [5, 5.41) is 16.0. The number of rotatable bonds is 9. The van der Waals surface area contributed by atoms with Crippen LogP contribution >= 0.6 is 24.8 Å². The lowest BCUT2D eigenvalue weighted by atomic mass is 9.90. The number of hydrogen-bond donors (Lipinski definition) is 3. The summed E-state index contributed by atoms with van der Waals surface area (Å²) in [4.78, 5) is 11.6. The van der Waals surface area contributed by atoms with E-state index >= 15 is 0 Å². The normalized spacial score (nSPS) is 10.4. The van der Waals surface area contributed by atoms with E-state index in [0.29, 0.717) is 26.2 Å². The Hall–Kier alpha value is -1.59. The number of benzene rings is 2. The second-order valence-corrected chi connectivity index (χ2v) is 6.04. The van der Waals surface area contributed by atoms with Crippen molar-refractivity contribution in [2.24, 2.45) is 5.41 Å². The Kier molecular flexibility index (Phi) is 11.1. The molecule has 0 amide bonds. The van der Waals surface area contributed by atoms with Gasteiger partial charge in [0.1, 0.15) is 0 Å². The Labute approximate surface area is 161 Å². The van der Waals surface area contributed by atoms with Crippen molar-refractivity contribution >= 4 is 30.8 Å². The van der Waals surface area contributed by atoms with Gasteiger partial charge in [0.15, 0.2) is 0 Å². The van der Waals surface area contributed by atoms with Gasteiger partial charge in [-0.2, -0.15) is 0 Å². The van der Waals surface area contributed by atoms with Gasteiger partial charge in [0.25, 0.3) is 0 Å². The maximum atomic E-state index is 11.6. The second-order valence-electron chi connectivity index (χ2n) is 6.04. The van der Waals surface area contributed by atoms with Gasteiger partial charge in [0.05, 0.1) is 5.41 Å². The molecule has 0 spiro atoms. The zero-order valence-corrected chi connectivity index (χ0v) is 15.9. The van der Waals surface area contributed by atoms with Crippen LogP contribution in [0.1, 0.15) is 18.1 Å². The lowest BCUT2D eigenvalue weighted by molar-refractivity contribution is -0.147. The summed E-state index contributed by atoms with van der Waals surface area (Å²) in [6.45, 7) is 3.94. The zero-order valence-electron chi connectivity index (χ0n) is 14.3. The van der Waals surface area contributed by atoms with E-state index in [1.807, 2.05) is 60.7 Å². The highest BCUT2D eigenvalue weighted by atomic mass is 35.5.